The molecule has 0 radical (unpaired) electrons. The van der Waals surface area contributed by atoms with Gasteiger partial charge in [0.25, 0.3) is 0 Å². The molecule has 0 aromatic carbocycles. The lowest BCUT2D eigenvalue weighted by atomic mass is 10.3. The molecule has 17 heavy (non-hydrogen) atoms. The average Bonchev–Trinajstić information content (AvgIpc) is 2.27. The molecule has 1 aromatic heterocycles. The predicted molar refractivity (Wildman–Crippen MR) is 67.4 cm³/mol. The van der Waals surface area contributed by atoms with Gasteiger partial charge in [0, 0.05) is 25.4 Å². The third-order valence-electron chi connectivity index (χ3n) is 2.07. The molecule has 0 bridgehead atoms. The van der Waals surface area contributed by atoms with E-state index < -0.39 is 9.84 Å². The van der Waals surface area contributed by atoms with Gasteiger partial charge in [-0.2, -0.15) is 0 Å². The molecule has 0 fully saturated rings. The lowest BCUT2D eigenvalue weighted by Crippen LogP contribution is -2.28. The molecular formula is C10H15ClN2O3S. The number of alkyl halides is 1. The van der Waals surface area contributed by atoms with Crippen LogP contribution in [-0.2, 0) is 14.6 Å². The van der Waals surface area contributed by atoms with Crippen molar-refractivity contribution in [2.45, 2.75) is 10.9 Å². The van der Waals surface area contributed by atoms with Gasteiger partial charge in [-0.1, -0.05) is 0 Å². The van der Waals surface area contributed by atoms with Crippen molar-refractivity contribution in [2.75, 3.05) is 31.2 Å². The summed E-state index contributed by atoms with van der Waals surface area (Å²) >= 11 is 5.74. The van der Waals surface area contributed by atoms with Crippen molar-refractivity contribution >= 4 is 27.3 Å². The molecule has 1 rings (SSSR count). The van der Waals surface area contributed by atoms with Gasteiger partial charge in [-0.3, -0.25) is 0 Å². The molecule has 0 aliphatic rings. The molecule has 0 amide bonds. The summed E-state index contributed by atoms with van der Waals surface area (Å²) in [6.45, 7) is 0.378. The Morgan fingerprint density at radius 3 is 2.82 bits per heavy atom. The van der Waals surface area contributed by atoms with E-state index in [0.717, 1.165) is 6.26 Å². The molecule has 0 spiro atoms. The maximum atomic E-state index is 11.5. The molecule has 1 unspecified atom stereocenters. The fourth-order valence-corrected chi connectivity index (χ4v) is 2.27. The van der Waals surface area contributed by atoms with Crippen LogP contribution in [0, 0.1) is 0 Å². The van der Waals surface area contributed by atoms with Crippen molar-refractivity contribution in [3.05, 3.63) is 18.3 Å². The minimum absolute atomic E-state index is 0.159. The van der Waals surface area contributed by atoms with Gasteiger partial charge in [-0.25, -0.2) is 13.4 Å². The number of nitrogens with one attached hydrogen (secondary N) is 1. The number of sulfone groups is 1. The Hall–Kier alpha value is -0.850. The summed E-state index contributed by atoms with van der Waals surface area (Å²) in [7, 11) is -1.76. The second-order valence-electron chi connectivity index (χ2n) is 3.57. The zero-order chi connectivity index (χ0) is 12.9. The highest BCUT2D eigenvalue weighted by molar-refractivity contribution is 7.90. The number of nitrogens with zero attached hydrogens (tertiary/aromatic N) is 1. The van der Waals surface area contributed by atoms with Crippen LogP contribution in [0.4, 0.5) is 5.82 Å². The third kappa shape index (κ3) is 4.14. The molecule has 0 aliphatic heterocycles. The molecule has 5 nitrogen and oxygen atoms in total. The SMILES string of the molecule is COCC(CCl)Nc1ncccc1S(C)(=O)=O. The summed E-state index contributed by atoms with van der Waals surface area (Å²) in [5.41, 5.74) is 0. The van der Waals surface area contributed by atoms with E-state index in [0.29, 0.717) is 18.3 Å². The largest absolute Gasteiger partial charge is 0.383 e. The lowest BCUT2D eigenvalue weighted by molar-refractivity contribution is 0.191. The second kappa shape index (κ2) is 6.18. The van der Waals surface area contributed by atoms with Crippen molar-refractivity contribution < 1.29 is 13.2 Å². The number of pyridine rings is 1. The number of anilines is 1. The van der Waals surface area contributed by atoms with Crippen molar-refractivity contribution in [3.63, 3.8) is 0 Å². The van der Waals surface area contributed by atoms with Crippen LogP contribution >= 0.6 is 11.6 Å². The van der Waals surface area contributed by atoms with Gasteiger partial charge < -0.3 is 10.1 Å². The molecule has 96 valence electrons. The molecule has 0 aliphatic carbocycles. The van der Waals surface area contributed by atoms with Gasteiger partial charge in [0.1, 0.15) is 10.7 Å². The Bertz CT molecular complexity index is 464. The molecule has 0 saturated heterocycles. The number of hydrogen-bond donors (Lipinski definition) is 1. The van der Waals surface area contributed by atoms with E-state index in [1.54, 1.807) is 13.2 Å². The van der Waals surface area contributed by atoms with Gasteiger partial charge in [0.2, 0.25) is 0 Å². The second-order valence-corrected chi connectivity index (χ2v) is 5.87. The van der Waals surface area contributed by atoms with Crippen LogP contribution in [0.2, 0.25) is 0 Å². The van der Waals surface area contributed by atoms with E-state index in [1.165, 1.54) is 12.3 Å². The van der Waals surface area contributed by atoms with Crippen molar-refractivity contribution in [1.29, 1.82) is 0 Å². The summed E-state index contributed by atoms with van der Waals surface area (Å²) in [5.74, 6) is 0.603. The van der Waals surface area contributed by atoms with Crippen LogP contribution in [0.5, 0.6) is 0 Å². The minimum atomic E-state index is -3.31. The van der Waals surface area contributed by atoms with Crippen molar-refractivity contribution in [3.8, 4) is 0 Å². The molecule has 0 saturated carbocycles. The molecule has 1 N–H and O–H groups in total. The first-order valence-electron chi connectivity index (χ1n) is 4.95. The zero-order valence-corrected chi connectivity index (χ0v) is 11.3. The first-order valence-corrected chi connectivity index (χ1v) is 7.38. The van der Waals surface area contributed by atoms with Gasteiger partial charge in [0.15, 0.2) is 9.84 Å². The Balaban J connectivity index is 2.98. The molecular weight excluding hydrogens is 264 g/mol. The maximum Gasteiger partial charge on any atom is 0.179 e. The Morgan fingerprint density at radius 1 is 1.59 bits per heavy atom. The zero-order valence-electron chi connectivity index (χ0n) is 9.68. The fourth-order valence-electron chi connectivity index (χ4n) is 1.32. The normalized spacial score (nSPS) is 13.4. The summed E-state index contributed by atoms with van der Waals surface area (Å²) in [6.07, 6.45) is 2.66. The third-order valence-corrected chi connectivity index (χ3v) is 3.57. The monoisotopic (exact) mass is 278 g/mol. The summed E-state index contributed by atoms with van der Waals surface area (Å²) in [4.78, 5) is 4.17. The molecule has 1 atom stereocenters. The van der Waals surface area contributed by atoms with Crippen molar-refractivity contribution in [1.82, 2.24) is 4.98 Å². The van der Waals surface area contributed by atoms with E-state index in [2.05, 4.69) is 10.3 Å². The highest BCUT2D eigenvalue weighted by Crippen LogP contribution is 2.18. The number of methoxy groups -OCH3 is 1. The number of hydrogen-bond acceptors (Lipinski definition) is 5. The molecule has 1 aromatic rings. The maximum absolute atomic E-state index is 11.5. The number of halogens is 1. The van der Waals surface area contributed by atoms with E-state index >= 15 is 0 Å². The predicted octanol–water partition coefficient (Wildman–Crippen LogP) is 1.15. The first-order chi connectivity index (χ1) is 7.99. The topological polar surface area (TPSA) is 68.3 Å². The van der Waals surface area contributed by atoms with Gasteiger partial charge >= 0.3 is 0 Å². The van der Waals surface area contributed by atoms with E-state index in [-0.39, 0.29) is 10.9 Å². The standard InChI is InChI=1S/C10H15ClN2O3S/c1-16-7-8(6-11)13-10-9(17(2,14)15)4-3-5-12-10/h3-5,8H,6-7H2,1-2H3,(H,12,13). The van der Waals surface area contributed by atoms with Crippen molar-refractivity contribution in [2.24, 2.45) is 0 Å². The lowest BCUT2D eigenvalue weighted by Gasteiger charge is -2.17. The van der Waals surface area contributed by atoms with Crippen LogP contribution in [0.1, 0.15) is 0 Å². The Labute approximate surface area is 106 Å². The van der Waals surface area contributed by atoms with Gasteiger partial charge in [0.05, 0.1) is 12.6 Å². The summed E-state index contributed by atoms with van der Waals surface area (Å²) in [5, 5.41) is 2.96. The highest BCUT2D eigenvalue weighted by Gasteiger charge is 2.16. The number of rotatable bonds is 6. The smallest absolute Gasteiger partial charge is 0.179 e. The summed E-state index contributed by atoms with van der Waals surface area (Å²) < 4.78 is 28.0. The number of ether oxygens (including phenoxy) is 1. The van der Waals surface area contributed by atoms with Crippen LogP contribution < -0.4 is 5.32 Å². The summed E-state index contributed by atoms with van der Waals surface area (Å²) in [6, 6.07) is 2.90. The average molecular weight is 279 g/mol. The van der Waals surface area contributed by atoms with Crippen LogP contribution in [0.15, 0.2) is 23.2 Å². The van der Waals surface area contributed by atoms with Gasteiger partial charge in [-0.15, -0.1) is 11.6 Å². The molecule has 7 heteroatoms. The van der Waals surface area contributed by atoms with Gasteiger partial charge in [-0.05, 0) is 12.1 Å². The Morgan fingerprint density at radius 2 is 2.29 bits per heavy atom. The van der Waals surface area contributed by atoms with E-state index in [9.17, 15) is 8.42 Å². The number of aromatic nitrogens is 1. The molecule has 1 heterocycles. The minimum Gasteiger partial charge on any atom is -0.383 e. The van der Waals surface area contributed by atoms with Crippen LogP contribution in [-0.4, -0.2) is 45.3 Å². The fraction of sp³-hybridized carbons (Fsp3) is 0.500. The quantitative estimate of drug-likeness (QED) is 0.791. The Kier molecular flexibility index (Phi) is 5.17. The van der Waals surface area contributed by atoms with E-state index in [4.69, 9.17) is 16.3 Å². The van der Waals surface area contributed by atoms with Crippen LogP contribution in [0.25, 0.3) is 0 Å². The highest BCUT2D eigenvalue weighted by atomic mass is 35.5. The first kappa shape index (κ1) is 14.2. The van der Waals surface area contributed by atoms with Crippen LogP contribution in [0.3, 0.4) is 0 Å². The van der Waals surface area contributed by atoms with E-state index in [1.807, 2.05) is 0 Å².